The predicted octanol–water partition coefficient (Wildman–Crippen LogP) is 5.30. The van der Waals surface area contributed by atoms with Crippen molar-refractivity contribution in [2.75, 3.05) is 6.54 Å². The first-order valence-corrected chi connectivity index (χ1v) is 9.55. The minimum atomic E-state index is 0.629. The van der Waals surface area contributed by atoms with Crippen molar-refractivity contribution in [1.29, 1.82) is 0 Å². The third-order valence-corrected chi connectivity index (χ3v) is 7.34. The van der Waals surface area contributed by atoms with Crippen LogP contribution in [0.5, 0.6) is 0 Å². The van der Waals surface area contributed by atoms with Gasteiger partial charge >= 0.3 is 0 Å². The molecule has 0 aromatic heterocycles. The molecule has 0 unspecified atom stereocenters. The van der Waals surface area contributed by atoms with E-state index in [9.17, 15) is 0 Å². The third kappa shape index (κ3) is 2.58. The fourth-order valence-corrected chi connectivity index (χ4v) is 8.41. The predicted molar refractivity (Wildman–Crippen MR) is 89.3 cm³/mol. The summed E-state index contributed by atoms with van der Waals surface area (Å²) in [4.78, 5) is 0. The summed E-state index contributed by atoms with van der Waals surface area (Å²) in [5.41, 5.74) is 2.57. The molecular weight excluding hydrogens is 254 g/mol. The summed E-state index contributed by atoms with van der Waals surface area (Å²) in [5, 5.41) is 4.03. The second kappa shape index (κ2) is 4.49. The van der Waals surface area contributed by atoms with E-state index in [0.29, 0.717) is 21.7 Å². The largest absolute Gasteiger partial charge is 0.313 e. The highest BCUT2D eigenvalue weighted by molar-refractivity contribution is 5.14. The molecule has 1 nitrogen and oxygen atoms in total. The van der Waals surface area contributed by atoms with Crippen LogP contribution in [0.25, 0.3) is 0 Å². The Morgan fingerprint density at radius 1 is 0.714 bits per heavy atom. The van der Waals surface area contributed by atoms with Crippen LogP contribution in [0.1, 0.15) is 91.4 Å². The Bertz CT molecular complexity index is 366. The molecule has 0 heterocycles. The lowest BCUT2D eigenvalue weighted by Crippen LogP contribution is -2.61. The van der Waals surface area contributed by atoms with Gasteiger partial charge in [-0.1, -0.05) is 40.0 Å². The minimum Gasteiger partial charge on any atom is -0.313 e. The second-order valence-electron chi connectivity index (χ2n) is 10.7. The number of hydrogen-bond donors (Lipinski definition) is 1. The lowest BCUT2D eigenvalue weighted by Gasteiger charge is -2.69. The van der Waals surface area contributed by atoms with Crippen LogP contribution in [0.3, 0.4) is 0 Å². The van der Waals surface area contributed by atoms with E-state index in [2.05, 4.69) is 26.1 Å². The molecule has 4 bridgehead atoms. The molecule has 21 heavy (non-hydrogen) atoms. The summed E-state index contributed by atoms with van der Waals surface area (Å²) in [6.45, 7) is 9.14. The summed E-state index contributed by atoms with van der Waals surface area (Å²) in [6.07, 6.45) is 16.3. The maximum atomic E-state index is 4.03. The van der Waals surface area contributed by atoms with Crippen molar-refractivity contribution in [2.24, 2.45) is 21.7 Å². The van der Waals surface area contributed by atoms with E-state index in [1.54, 1.807) is 0 Å². The van der Waals surface area contributed by atoms with Crippen LogP contribution in [-0.4, -0.2) is 12.6 Å². The van der Waals surface area contributed by atoms with Crippen LogP contribution < -0.4 is 5.32 Å². The van der Waals surface area contributed by atoms with Crippen molar-refractivity contribution in [2.45, 2.75) is 97.4 Å². The topological polar surface area (TPSA) is 12.0 Å². The molecule has 0 radical (unpaired) electrons. The molecule has 5 aliphatic rings. The van der Waals surface area contributed by atoms with Gasteiger partial charge in [0.25, 0.3) is 0 Å². The molecule has 120 valence electrons. The smallest absolute Gasteiger partial charge is 0.00672 e. The Balaban J connectivity index is 1.51. The average molecular weight is 290 g/mol. The van der Waals surface area contributed by atoms with Crippen LogP contribution in [0.15, 0.2) is 0 Å². The molecule has 5 aliphatic carbocycles. The minimum absolute atomic E-state index is 0.629. The molecule has 5 fully saturated rings. The van der Waals surface area contributed by atoms with Crippen molar-refractivity contribution in [3.8, 4) is 0 Å². The summed E-state index contributed by atoms with van der Waals surface area (Å²) >= 11 is 0. The number of rotatable bonds is 3. The Kier molecular flexibility index (Phi) is 3.11. The molecule has 0 atom stereocenters. The van der Waals surface area contributed by atoms with Gasteiger partial charge in [0, 0.05) is 12.6 Å². The van der Waals surface area contributed by atoms with E-state index >= 15 is 0 Å². The van der Waals surface area contributed by atoms with Gasteiger partial charge in [0.2, 0.25) is 0 Å². The van der Waals surface area contributed by atoms with Gasteiger partial charge < -0.3 is 5.32 Å². The SMILES string of the molecule is CC12CC3(C)CC(C)(C1)CC(CNC1CCCCC1)(C2)C3. The molecule has 0 aromatic carbocycles. The maximum absolute atomic E-state index is 4.03. The van der Waals surface area contributed by atoms with Gasteiger partial charge in [0.05, 0.1) is 0 Å². The van der Waals surface area contributed by atoms with Gasteiger partial charge in [-0.3, -0.25) is 0 Å². The van der Waals surface area contributed by atoms with Gasteiger partial charge in [-0.2, -0.15) is 0 Å². The Hall–Kier alpha value is -0.0400. The van der Waals surface area contributed by atoms with Crippen molar-refractivity contribution in [3.05, 3.63) is 0 Å². The molecule has 0 aromatic rings. The highest BCUT2D eigenvalue weighted by Gasteiger charge is 2.63. The molecule has 1 N–H and O–H groups in total. The molecular formula is C20H35N. The van der Waals surface area contributed by atoms with Crippen molar-refractivity contribution in [3.63, 3.8) is 0 Å². The lowest BCUT2D eigenvalue weighted by atomic mass is 9.36. The Morgan fingerprint density at radius 3 is 1.67 bits per heavy atom. The van der Waals surface area contributed by atoms with E-state index in [1.807, 2.05) is 0 Å². The zero-order valence-electron chi connectivity index (χ0n) is 14.6. The number of nitrogens with one attached hydrogen (secondary N) is 1. The molecule has 0 aliphatic heterocycles. The zero-order chi connectivity index (χ0) is 14.8. The second-order valence-corrected chi connectivity index (χ2v) is 10.7. The van der Waals surface area contributed by atoms with Gasteiger partial charge in [0.15, 0.2) is 0 Å². The first-order chi connectivity index (χ1) is 9.82. The standard InChI is InChI=1S/C20H35N/c1-17-9-18(2)11-19(3,10-17)14-20(12-17,13-18)15-21-16-7-5-4-6-8-16/h16,21H,4-15H2,1-3H3. The van der Waals surface area contributed by atoms with E-state index in [4.69, 9.17) is 0 Å². The zero-order valence-corrected chi connectivity index (χ0v) is 14.6. The van der Waals surface area contributed by atoms with Crippen LogP contribution >= 0.6 is 0 Å². The van der Waals surface area contributed by atoms with Crippen LogP contribution in [-0.2, 0) is 0 Å². The first-order valence-electron chi connectivity index (χ1n) is 9.55. The first kappa shape index (κ1) is 14.5. The molecule has 0 saturated heterocycles. The molecule has 0 spiro atoms. The van der Waals surface area contributed by atoms with Gasteiger partial charge in [0.1, 0.15) is 0 Å². The normalized spacial score (nSPS) is 53.3. The number of hydrogen-bond acceptors (Lipinski definition) is 1. The quantitative estimate of drug-likeness (QED) is 0.744. The highest BCUT2D eigenvalue weighted by Crippen LogP contribution is 2.73. The van der Waals surface area contributed by atoms with Crippen LogP contribution in [0, 0.1) is 21.7 Å². The van der Waals surface area contributed by atoms with E-state index in [0.717, 1.165) is 6.04 Å². The summed E-state index contributed by atoms with van der Waals surface area (Å²) in [6, 6.07) is 0.833. The van der Waals surface area contributed by atoms with Gasteiger partial charge in [-0.05, 0) is 73.0 Å². The maximum Gasteiger partial charge on any atom is 0.00672 e. The monoisotopic (exact) mass is 289 g/mol. The van der Waals surface area contributed by atoms with Crippen molar-refractivity contribution in [1.82, 2.24) is 5.32 Å². The van der Waals surface area contributed by atoms with E-state index < -0.39 is 0 Å². The molecule has 0 amide bonds. The van der Waals surface area contributed by atoms with Gasteiger partial charge in [-0.15, -0.1) is 0 Å². The van der Waals surface area contributed by atoms with Crippen LogP contribution in [0.4, 0.5) is 0 Å². The summed E-state index contributed by atoms with van der Waals surface area (Å²) in [5.74, 6) is 0. The molecule has 1 heteroatoms. The summed E-state index contributed by atoms with van der Waals surface area (Å²) < 4.78 is 0. The van der Waals surface area contributed by atoms with E-state index in [-0.39, 0.29) is 0 Å². The van der Waals surface area contributed by atoms with Crippen molar-refractivity contribution < 1.29 is 0 Å². The third-order valence-electron chi connectivity index (χ3n) is 7.34. The Morgan fingerprint density at radius 2 is 1.19 bits per heavy atom. The summed E-state index contributed by atoms with van der Waals surface area (Å²) in [7, 11) is 0. The van der Waals surface area contributed by atoms with Crippen molar-refractivity contribution >= 4 is 0 Å². The average Bonchev–Trinajstić information content (AvgIpc) is 2.32. The van der Waals surface area contributed by atoms with Gasteiger partial charge in [-0.25, -0.2) is 0 Å². The highest BCUT2D eigenvalue weighted by atomic mass is 14.9. The fourth-order valence-electron chi connectivity index (χ4n) is 8.41. The molecule has 5 rings (SSSR count). The van der Waals surface area contributed by atoms with E-state index in [1.165, 1.54) is 77.2 Å². The lowest BCUT2D eigenvalue weighted by molar-refractivity contribution is -0.182. The Labute approximate surface area is 131 Å². The van der Waals surface area contributed by atoms with Crippen LogP contribution in [0.2, 0.25) is 0 Å². The molecule has 5 saturated carbocycles. The fraction of sp³-hybridized carbons (Fsp3) is 1.00.